The molecule has 1 unspecified atom stereocenters. The molecule has 5 nitrogen and oxygen atoms in total. The van der Waals surface area contributed by atoms with Gasteiger partial charge < -0.3 is 9.64 Å². The number of nitrogens with zero attached hydrogens (tertiary/aromatic N) is 2. The molecule has 0 saturated carbocycles. The Hall–Kier alpha value is -0.820. The summed E-state index contributed by atoms with van der Waals surface area (Å²) in [6.45, 7) is 3.80. The van der Waals surface area contributed by atoms with Crippen LogP contribution in [0.15, 0.2) is 23.1 Å². The van der Waals surface area contributed by atoms with Gasteiger partial charge in [0.1, 0.15) is 10.6 Å². The molecule has 0 amide bonds. The Balaban J connectivity index is 2.42. The summed E-state index contributed by atoms with van der Waals surface area (Å²) in [5, 5.41) is 0.381. The number of sulfonamides is 1. The third kappa shape index (κ3) is 2.93. The molecule has 1 aromatic carbocycles. The number of hydrogen-bond acceptors (Lipinski definition) is 4. The summed E-state index contributed by atoms with van der Waals surface area (Å²) >= 11 is 5.93. The van der Waals surface area contributed by atoms with Gasteiger partial charge in [0.05, 0.1) is 7.11 Å². The molecule has 2 rings (SSSR count). The standard InChI is InChI=1S/C13H19ClN2O3S/c1-10-9-15(2)6-7-16(10)20(17,18)13-8-11(14)4-5-12(13)19-3/h4-5,8,10H,6-7,9H2,1-3H3. The van der Waals surface area contributed by atoms with Crippen LogP contribution < -0.4 is 4.74 Å². The minimum absolute atomic E-state index is 0.0811. The molecule has 0 bridgehead atoms. The van der Waals surface area contributed by atoms with E-state index >= 15 is 0 Å². The number of piperazine rings is 1. The molecule has 20 heavy (non-hydrogen) atoms. The maximum absolute atomic E-state index is 12.8. The van der Waals surface area contributed by atoms with E-state index in [-0.39, 0.29) is 10.9 Å². The second-order valence-corrected chi connectivity index (χ2v) is 7.32. The van der Waals surface area contributed by atoms with Crippen molar-refractivity contribution in [2.45, 2.75) is 17.9 Å². The maximum Gasteiger partial charge on any atom is 0.247 e. The Morgan fingerprint density at radius 1 is 1.35 bits per heavy atom. The van der Waals surface area contributed by atoms with Gasteiger partial charge in [-0.3, -0.25) is 0 Å². The molecule has 1 heterocycles. The van der Waals surface area contributed by atoms with Crippen LogP contribution in [0, 0.1) is 0 Å². The first-order valence-electron chi connectivity index (χ1n) is 6.40. The summed E-state index contributed by atoms with van der Waals surface area (Å²) in [5.41, 5.74) is 0. The van der Waals surface area contributed by atoms with Crippen molar-refractivity contribution in [3.8, 4) is 5.75 Å². The van der Waals surface area contributed by atoms with Crippen LogP contribution >= 0.6 is 11.6 Å². The number of hydrogen-bond donors (Lipinski definition) is 0. The topological polar surface area (TPSA) is 49.9 Å². The molecule has 0 aromatic heterocycles. The van der Waals surface area contributed by atoms with Crippen LogP contribution in [-0.2, 0) is 10.0 Å². The fourth-order valence-electron chi connectivity index (χ4n) is 2.46. The van der Waals surface area contributed by atoms with E-state index in [1.165, 1.54) is 17.5 Å². The fourth-order valence-corrected chi connectivity index (χ4v) is 4.49. The van der Waals surface area contributed by atoms with Crippen LogP contribution in [-0.4, -0.2) is 57.5 Å². The summed E-state index contributed by atoms with van der Waals surface area (Å²) in [4.78, 5) is 2.25. The summed E-state index contributed by atoms with van der Waals surface area (Å²) in [5.74, 6) is 0.320. The molecule has 1 saturated heterocycles. The molecule has 1 fully saturated rings. The Morgan fingerprint density at radius 2 is 2.05 bits per heavy atom. The minimum Gasteiger partial charge on any atom is -0.495 e. The number of likely N-dealkylation sites (N-methyl/N-ethyl adjacent to an activating group) is 1. The Kier molecular flexibility index (Phi) is 4.59. The molecule has 1 aromatic rings. The van der Waals surface area contributed by atoms with Crippen molar-refractivity contribution in [1.82, 2.24) is 9.21 Å². The van der Waals surface area contributed by atoms with Crippen molar-refractivity contribution in [2.75, 3.05) is 33.8 Å². The lowest BCUT2D eigenvalue weighted by molar-refractivity contribution is 0.170. The van der Waals surface area contributed by atoms with Gasteiger partial charge >= 0.3 is 0 Å². The summed E-state index contributed by atoms with van der Waals surface area (Å²) in [6, 6.07) is 4.56. The lowest BCUT2D eigenvalue weighted by Gasteiger charge is -2.37. The molecule has 0 radical (unpaired) electrons. The van der Waals surface area contributed by atoms with Crippen LogP contribution in [0.25, 0.3) is 0 Å². The van der Waals surface area contributed by atoms with Gasteiger partial charge in [-0.05, 0) is 32.2 Å². The van der Waals surface area contributed by atoms with Gasteiger partial charge in [0, 0.05) is 30.7 Å². The highest BCUT2D eigenvalue weighted by molar-refractivity contribution is 7.89. The van der Waals surface area contributed by atoms with Gasteiger partial charge in [0.15, 0.2) is 0 Å². The van der Waals surface area contributed by atoms with Gasteiger partial charge in [-0.1, -0.05) is 11.6 Å². The zero-order valence-corrected chi connectivity index (χ0v) is 13.4. The quantitative estimate of drug-likeness (QED) is 0.850. The molecular weight excluding hydrogens is 300 g/mol. The number of methoxy groups -OCH3 is 1. The van der Waals surface area contributed by atoms with Crippen LogP contribution in [0.1, 0.15) is 6.92 Å². The average Bonchev–Trinajstić information content (AvgIpc) is 2.38. The molecule has 1 aliphatic rings. The molecule has 0 spiro atoms. The molecular formula is C13H19ClN2O3S. The Bertz CT molecular complexity index is 591. The van der Waals surface area contributed by atoms with Gasteiger partial charge in [0.25, 0.3) is 0 Å². The predicted molar refractivity (Wildman–Crippen MR) is 78.9 cm³/mol. The van der Waals surface area contributed by atoms with E-state index in [1.54, 1.807) is 12.1 Å². The van der Waals surface area contributed by atoms with Crippen LogP contribution in [0.2, 0.25) is 5.02 Å². The third-order valence-corrected chi connectivity index (χ3v) is 5.75. The van der Waals surface area contributed by atoms with Gasteiger partial charge in [-0.15, -0.1) is 0 Å². The number of rotatable bonds is 3. The molecule has 0 N–H and O–H groups in total. The molecule has 112 valence electrons. The normalized spacial score (nSPS) is 21.9. The summed E-state index contributed by atoms with van der Waals surface area (Å²) in [6.07, 6.45) is 0. The zero-order valence-electron chi connectivity index (χ0n) is 11.8. The molecule has 0 aliphatic carbocycles. The molecule has 1 atom stereocenters. The highest BCUT2D eigenvalue weighted by atomic mass is 35.5. The van der Waals surface area contributed by atoms with Crippen LogP contribution in [0.3, 0.4) is 0 Å². The first kappa shape index (κ1) is 15.6. The van der Waals surface area contributed by atoms with Crippen LogP contribution in [0.5, 0.6) is 5.75 Å². The SMILES string of the molecule is COc1ccc(Cl)cc1S(=O)(=O)N1CCN(C)CC1C. The highest BCUT2D eigenvalue weighted by Gasteiger charge is 2.34. The van der Waals surface area contributed by atoms with E-state index in [4.69, 9.17) is 16.3 Å². The minimum atomic E-state index is -3.60. The molecule has 1 aliphatic heterocycles. The van der Waals surface area contributed by atoms with Crippen LogP contribution in [0.4, 0.5) is 0 Å². The monoisotopic (exact) mass is 318 g/mol. The van der Waals surface area contributed by atoms with Gasteiger partial charge in [-0.25, -0.2) is 8.42 Å². The van der Waals surface area contributed by atoms with E-state index in [0.717, 1.165) is 0 Å². The second-order valence-electron chi connectivity index (χ2n) is 5.02. The van der Waals surface area contributed by atoms with Crippen molar-refractivity contribution >= 4 is 21.6 Å². The van der Waals surface area contributed by atoms with E-state index in [0.29, 0.717) is 30.4 Å². The first-order chi connectivity index (χ1) is 9.36. The average molecular weight is 319 g/mol. The fraction of sp³-hybridized carbons (Fsp3) is 0.538. The van der Waals surface area contributed by atoms with E-state index in [2.05, 4.69) is 4.90 Å². The van der Waals surface area contributed by atoms with Gasteiger partial charge in [-0.2, -0.15) is 4.31 Å². The van der Waals surface area contributed by atoms with Crippen molar-refractivity contribution in [3.63, 3.8) is 0 Å². The molecule has 7 heteroatoms. The smallest absolute Gasteiger partial charge is 0.247 e. The largest absolute Gasteiger partial charge is 0.495 e. The number of benzene rings is 1. The van der Waals surface area contributed by atoms with Crippen molar-refractivity contribution < 1.29 is 13.2 Å². The lowest BCUT2D eigenvalue weighted by atomic mass is 10.2. The maximum atomic E-state index is 12.8. The Morgan fingerprint density at radius 3 is 2.65 bits per heavy atom. The zero-order chi connectivity index (χ0) is 14.9. The summed E-state index contributed by atoms with van der Waals surface area (Å²) < 4.78 is 32.3. The predicted octanol–water partition coefficient (Wildman–Crippen LogP) is 1.67. The Labute approximate surface area is 125 Å². The number of halogens is 1. The highest BCUT2D eigenvalue weighted by Crippen LogP contribution is 2.31. The lowest BCUT2D eigenvalue weighted by Crippen LogP contribution is -2.52. The van der Waals surface area contributed by atoms with E-state index < -0.39 is 10.0 Å². The van der Waals surface area contributed by atoms with E-state index in [9.17, 15) is 8.42 Å². The van der Waals surface area contributed by atoms with Crippen molar-refractivity contribution in [3.05, 3.63) is 23.2 Å². The van der Waals surface area contributed by atoms with Crippen molar-refractivity contribution in [1.29, 1.82) is 0 Å². The third-order valence-electron chi connectivity index (χ3n) is 3.48. The van der Waals surface area contributed by atoms with E-state index in [1.807, 2.05) is 14.0 Å². The first-order valence-corrected chi connectivity index (χ1v) is 8.22. The number of ether oxygens (including phenoxy) is 1. The summed E-state index contributed by atoms with van der Waals surface area (Å²) in [7, 11) is -0.162. The van der Waals surface area contributed by atoms with Crippen molar-refractivity contribution in [2.24, 2.45) is 0 Å². The van der Waals surface area contributed by atoms with Gasteiger partial charge in [0.2, 0.25) is 10.0 Å². The second kappa shape index (κ2) is 5.89.